The Labute approximate surface area is 168 Å². The second-order valence-corrected chi connectivity index (χ2v) is 10.2. The standard InChI is InChI=1S/C26H43F/c1-3-4-5-6-22-12-18-25(26(27)19-22)17-11-21-9-15-24(16-10-21)23-13-7-20(2)8-14-23/h20-26H,3-10,12-16,18-19H2,1-2H3. The molecular formula is C26H43F. The van der Waals surface area contributed by atoms with E-state index in [1.807, 2.05) is 0 Å². The van der Waals surface area contributed by atoms with Crippen molar-refractivity contribution < 1.29 is 4.39 Å². The Bertz CT molecular complexity index is 470. The molecule has 3 saturated carbocycles. The molecule has 3 unspecified atom stereocenters. The molecule has 3 atom stereocenters. The first-order chi connectivity index (χ1) is 13.2. The van der Waals surface area contributed by atoms with Crippen LogP contribution in [-0.2, 0) is 0 Å². The summed E-state index contributed by atoms with van der Waals surface area (Å²) in [4.78, 5) is 0. The maximum atomic E-state index is 14.6. The first-order valence-electron chi connectivity index (χ1n) is 12.3. The number of alkyl halides is 1. The van der Waals surface area contributed by atoms with Crippen LogP contribution >= 0.6 is 0 Å². The molecule has 154 valence electrons. The van der Waals surface area contributed by atoms with E-state index in [4.69, 9.17) is 0 Å². The van der Waals surface area contributed by atoms with Gasteiger partial charge >= 0.3 is 0 Å². The van der Waals surface area contributed by atoms with Crippen LogP contribution in [0.25, 0.3) is 0 Å². The van der Waals surface area contributed by atoms with Gasteiger partial charge in [0.15, 0.2) is 0 Å². The summed E-state index contributed by atoms with van der Waals surface area (Å²) < 4.78 is 14.6. The summed E-state index contributed by atoms with van der Waals surface area (Å²) in [6, 6.07) is 0. The minimum atomic E-state index is -0.668. The van der Waals surface area contributed by atoms with E-state index in [1.54, 1.807) is 0 Å². The molecule has 0 nitrogen and oxygen atoms in total. The van der Waals surface area contributed by atoms with Crippen molar-refractivity contribution in [3.05, 3.63) is 0 Å². The topological polar surface area (TPSA) is 0 Å². The Kier molecular flexibility index (Phi) is 8.54. The number of unbranched alkanes of at least 4 members (excludes halogenated alkanes) is 2. The highest BCUT2D eigenvalue weighted by atomic mass is 19.1. The largest absolute Gasteiger partial charge is 0.246 e. The van der Waals surface area contributed by atoms with Crippen LogP contribution in [0.2, 0.25) is 0 Å². The highest BCUT2D eigenvalue weighted by Gasteiger charge is 2.31. The molecule has 0 aromatic carbocycles. The first-order valence-corrected chi connectivity index (χ1v) is 12.3. The molecule has 0 heterocycles. The third-order valence-corrected chi connectivity index (χ3v) is 8.07. The zero-order chi connectivity index (χ0) is 19.1. The maximum Gasteiger partial charge on any atom is 0.114 e. The molecule has 0 amide bonds. The van der Waals surface area contributed by atoms with Crippen LogP contribution in [0.3, 0.4) is 0 Å². The Morgan fingerprint density at radius 3 is 2.07 bits per heavy atom. The molecule has 0 aromatic heterocycles. The molecular weight excluding hydrogens is 331 g/mol. The Morgan fingerprint density at radius 1 is 0.778 bits per heavy atom. The Morgan fingerprint density at radius 2 is 1.44 bits per heavy atom. The molecule has 3 fully saturated rings. The normalized spacial score (nSPS) is 40.2. The summed E-state index contributed by atoms with van der Waals surface area (Å²) in [5, 5.41) is 0. The maximum absolute atomic E-state index is 14.6. The lowest BCUT2D eigenvalue weighted by molar-refractivity contribution is 0.151. The zero-order valence-electron chi connectivity index (χ0n) is 18.0. The van der Waals surface area contributed by atoms with Gasteiger partial charge in [0.05, 0.1) is 5.92 Å². The minimum absolute atomic E-state index is 0.0324. The molecule has 3 aliphatic rings. The summed E-state index contributed by atoms with van der Waals surface area (Å²) in [6.45, 7) is 4.66. The smallest absolute Gasteiger partial charge is 0.114 e. The second kappa shape index (κ2) is 10.9. The fourth-order valence-corrected chi connectivity index (χ4v) is 6.02. The Hall–Kier alpha value is -0.510. The molecule has 0 spiro atoms. The molecule has 3 aliphatic carbocycles. The molecule has 1 heteroatoms. The third kappa shape index (κ3) is 6.51. The van der Waals surface area contributed by atoms with Gasteiger partial charge in [0.2, 0.25) is 0 Å². The highest BCUT2D eigenvalue weighted by Crippen LogP contribution is 2.41. The van der Waals surface area contributed by atoms with E-state index in [1.165, 1.54) is 83.5 Å². The number of hydrogen-bond donors (Lipinski definition) is 0. The van der Waals surface area contributed by atoms with Gasteiger partial charge in [-0.1, -0.05) is 64.2 Å². The van der Waals surface area contributed by atoms with E-state index in [-0.39, 0.29) is 5.92 Å². The summed E-state index contributed by atoms with van der Waals surface area (Å²) in [5.74, 6) is 11.1. The van der Waals surface area contributed by atoms with E-state index >= 15 is 0 Å². The van der Waals surface area contributed by atoms with Crippen LogP contribution in [0.15, 0.2) is 0 Å². The van der Waals surface area contributed by atoms with Gasteiger partial charge in [-0.3, -0.25) is 0 Å². The number of rotatable bonds is 5. The first kappa shape index (κ1) is 21.2. The SMILES string of the molecule is CCCCCC1CCC(C#CC2CCC(C3CCC(C)CC3)CC2)C(F)C1. The van der Waals surface area contributed by atoms with Crippen molar-refractivity contribution >= 4 is 0 Å². The molecule has 0 aliphatic heterocycles. The molecule has 0 aromatic rings. The van der Waals surface area contributed by atoms with Gasteiger partial charge in [0.25, 0.3) is 0 Å². The van der Waals surface area contributed by atoms with E-state index in [2.05, 4.69) is 25.7 Å². The number of halogens is 1. The summed E-state index contributed by atoms with van der Waals surface area (Å²) in [6.07, 6.45) is 18.5. The minimum Gasteiger partial charge on any atom is -0.246 e. The fourth-order valence-electron chi connectivity index (χ4n) is 6.02. The van der Waals surface area contributed by atoms with Gasteiger partial charge < -0.3 is 0 Å². The van der Waals surface area contributed by atoms with Crippen LogP contribution in [0.1, 0.15) is 110 Å². The molecule has 0 saturated heterocycles. The van der Waals surface area contributed by atoms with Crippen LogP contribution < -0.4 is 0 Å². The van der Waals surface area contributed by atoms with E-state index in [0.29, 0.717) is 11.8 Å². The molecule has 0 bridgehead atoms. The molecule has 3 rings (SSSR count). The van der Waals surface area contributed by atoms with E-state index in [0.717, 1.165) is 30.6 Å². The van der Waals surface area contributed by atoms with Gasteiger partial charge in [-0.25, -0.2) is 4.39 Å². The monoisotopic (exact) mass is 374 g/mol. The average molecular weight is 375 g/mol. The quantitative estimate of drug-likeness (QED) is 0.338. The third-order valence-electron chi connectivity index (χ3n) is 8.07. The van der Waals surface area contributed by atoms with Gasteiger partial charge in [-0.05, 0) is 81.5 Å². The molecule has 0 radical (unpaired) electrons. The van der Waals surface area contributed by atoms with E-state index in [9.17, 15) is 4.39 Å². The summed E-state index contributed by atoms with van der Waals surface area (Å²) >= 11 is 0. The van der Waals surface area contributed by atoms with Gasteiger partial charge in [-0.2, -0.15) is 0 Å². The average Bonchev–Trinajstić information content (AvgIpc) is 2.69. The van der Waals surface area contributed by atoms with Crippen LogP contribution in [-0.4, -0.2) is 6.17 Å². The second-order valence-electron chi connectivity index (χ2n) is 10.2. The van der Waals surface area contributed by atoms with Crippen molar-refractivity contribution in [1.29, 1.82) is 0 Å². The lowest BCUT2D eigenvalue weighted by atomic mass is 9.69. The van der Waals surface area contributed by atoms with Crippen molar-refractivity contribution in [2.24, 2.45) is 35.5 Å². The van der Waals surface area contributed by atoms with Crippen molar-refractivity contribution in [1.82, 2.24) is 0 Å². The summed E-state index contributed by atoms with van der Waals surface area (Å²) in [7, 11) is 0. The van der Waals surface area contributed by atoms with Crippen LogP contribution in [0.4, 0.5) is 4.39 Å². The zero-order valence-corrected chi connectivity index (χ0v) is 18.0. The van der Waals surface area contributed by atoms with Crippen molar-refractivity contribution in [2.45, 2.75) is 116 Å². The lowest BCUT2D eigenvalue weighted by Gasteiger charge is -2.36. The van der Waals surface area contributed by atoms with E-state index < -0.39 is 6.17 Å². The van der Waals surface area contributed by atoms with Crippen molar-refractivity contribution in [3.63, 3.8) is 0 Å². The molecule has 27 heavy (non-hydrogen) atoms. The van der Waals surface area contributed by atoms with Gasteiger partial charge in [0.1, 0.15) is 6.17 Å². The predicted octanol–water partition coefficient (Wildman–Crippen LogP) is 7.96. The highest BCUT2D eigenvalue weighted by molar-refractivity contribution is 5.11. The van der Waals surface area contributed by atoms with Gasteiger partial charge in [0, 0.05) is 5.92 Å². The van der Waals surface area contributed by atoms with Crippen LogP contribution in [0, 0.1) is 47.3 Å². The Balaban J connectivity index is 1.38. The predicted molar refractivity (Wildman–Crippen MR) is 114 cm³/mol. The lowest BCUT2D eigenvalue weighted by Crippen LogP contribution is -2.26. The number of hydrogen-bond acceptors (Lipinski definition) is 0. The van der Waals surface area contributed by atoms with Gasteiger partial charge in [-0.15, -0.1) is 0 Å². The van der Waals surface area contributed by atoms with Crippen molar-refractivity contribution in [2.75, 3.05) is 0 Å². The van der Waals surface area contributed by atoms with Crippen LogP contribution in [0.5, 0.6) is 0 Å². The molecule has 0 N–H and O–H groups in total. The fraction of sp³-hybridized carbons (Fsp3) is 0.923. The van der Waals surface area contributed by atoms with Crippen molar-refractivity contribution in [3.8, 4) is 11.8 Å². The summed E-state index contributed by atoms with van der Waals surface area (Å²) in [5.41, 5.74) is 0.